The number of hydrogen-bond donors (Lipinski definition) is 2. The van der Waals surface area contributed by atoms with Gasteiger partial charge in [-0.25, -0.2) is 0 Å². The van der Waals surface area contributed by atoms with E-state index in [0.29, 0.717) is 18.4 Å². The molecule has 2 rings (SSSR count). The van der Waals surface area contributed by atoms with Crippen molar-refractivity contribution in [2.24, 2.45) is 0 Å². The molecule has 16 heavy (non-hydrogen) atoms. The first kappa shape index (κ1) is 11.2. The maximum atomic E-state index is 11.8. The van der Waals surface area contributed by atoms with Crippen LogP contribution < -0.4 is 4.72 Å². The third-order valence-corrected chi connectivity index (χ3v) is 3.38. The summed E-state index contributed by atoms with van der Waals surface area (Å²) in [5.41, 5.74) is 4.17. The van der Waals surface area contributed by atoms with Crippen molar-refractivity contribution in [1.82, 2.24) is 4.72 Å². The largest absolute Gasteiger partial charge is 0.299 e. The molecular weight excluding hydrogens is 222 g/mol. The zero-order valence-corrected chi connectivity index (χ0v) is 10.1. The van der Waals surface area contributed by atoms with Gasteiger partial charge in [0.15, 0.2) is 5.78 Å². The summed E-state index contributed by atoms with van der Waals surface area (Å²) in [6.07, 6.45) is 1.16. The highest BCUT2D eigenvalue weighted by atomic mass is 32.1. The van der Waals surface area contributed by atoms with Gasteiger partial charge in [-0.05, 0) is 43.0 Å². The number of Topliss-reactive ketones (excluding diaryl/α,β-unsaturated/α-hetero) is 1. The molecule has 0 radical (unpaired) electrons. The highest BCUT2D eigenvalue weighted by Crippen LogP contribution is 2.30. The third-order valence-electron chi connectivity index (χ3n) is 3.18. The second-order valence-electron chi connectivity index (χ2n) is 4.08. The Balaban J connectivity index is 2.71. The van der Waals surface area contributed by atoms with Crippen molar-refractivity contribution in [1.29, 1.82) is 0 Å². The summed E-state index contributed by atoms with van der Waals surface area (Å²) in [4.78, 5) is 23.4. The molecule has 1 aromatic rings. The maximum absolute atomic E-state index is 11.8. The molecule has 1 N–H and O–H groups in total. The molecule has 4 heteroatoms. The van der Waals surface area contributed by atoms with Gasteiger partial charge in [-0.2, -0.15) is 0 Å². The van der Waals surface area contributed by atoms with E-state index >= 15 is 0 Å². The summed E-state index contributed by atoms with van der Waals surface area (Å²) in [6, 6.07) is 1.83. The number of benzene rings is 1. The lowest BCUT2D eigenvalue weighted by atomic mass is 9.94. The molecule has 0 bridgehead atoms. The number of ketones is 1. The Kier molecular flexibility index (Phi) is 2.76. The number of carbonyl (C=O) groups is 2. The summed E-state index contributed by atoms with van der Waals surface area (Å²) in [5.74, 6) is -0.0956. The molecule has 0 atom stereocenters. The molecule has 0 aromatic heterocycles. The molecular formula is C12H13NO2S. The fourth-order valence-corrected chi connectivity index (χ4v) is 2.35. The molecule has 0 heterocycles. The first-order valence-corrected chi connectivity index (χ1v) is 5.61. The van der Waals surface area contributed by atoms with E-state index in [-0.39, 0.29) is 11.7 Å². The molecule has 0 unspecified atom stereocenters. The number of hydrogen-bond acceptors (Lipinski definition) is 3. The fourth-order valence-electron chi connectivity index (χ4n) is 2.23. The Labute approximate surface area is 99.8 Å². The quantitative estimate of drug-likeness (QED) is 0.731. The Morgan fingerprint density at radius 3 is 2.69 bits per heavy atom. The molecule has 0 saturated carbocycles. The number of fused-ring (bicyclic) bond motifs is 1. The number of carbonyl (C=O) groups excluding carboxylic acids is 2. The Morgan fingerprint density at radius 2 is 2.06 bits per heavy atom. The number of rotatable bonds is 1. The van der Waals surface area contributed by atoms with E-state index in [4.69, 9.17) is 0 Å². The van der Waals surface area contributed by atoms with Crippen LogP contribution in [-0.4, -0.2) is 11.7 Å². The Bertz CT molecular complexity index is 494. The lowest BCUT2D eigenvalue weighted by Crippen LogP contribution is -2.16. The SMILES string of the molecule is Cc1cc(C(=O)NS)c2c(c1C)C(=O)CC2. The Hall–Kier alpha value is -1.29. The van der Waals surface area contributed by atoms with Gasteiger partial charge in [-0.3, -0.25) is 14.3 Å². The van der Waals surface area contributed by atoms with Gasteiger partial charge in [0.1, 0.15) is 0 Å². The lowest BCUT2D eigenvalue weighted by Gasteiger charge is -2.11. The average Bonchev–Trinajstić information content (AvgIpc) is 2.65. The van der Waals surface area contributed by atoms with E-state index in [1.54, 1.807) is 0 Å². The predicted molar refractivity (Wildman–Crippen MR) is 65.0 cm³/mol. The van der Waals surface area contributed by atoms with Crippen molar-refractivity contribution in [2.75, 3.05) is 0 Å². The molecule has 0 aliphatic heterocycles. The number of aryl methyl sites for hydroxylation is 1. The van der Waals surface area contributed by atoms with Crippen LogP contribution in [0.15, 0.2) is 6.07 Å². The minimum absolute atomic E-state index is 0.143. The highest BCUT2D eigenvalue weighted by molar-refractivity contribution is 7.78. The fraction of sp³-hybridized carbons (Fsp3) is 0.333. The van der Waals surface area contributed by atoms with Crippen molar-refractivity contribution in [2.45, 2.75) is 26.7 Å². The van der Waals surface area contributed by atoms with Crippen LogP contribution in [0.3, 0.4) is 0 Å². The second kappa shape index (κ2) is 3.94. The maximum Gasteiger partial charge on any atom is 0.261 e. The van der Waals surface area contributed by atoms with Crippen molar-refractivity contribution >= 4 is 24.5 Å². The number of nitrogens with one attached hydrogen (secondary N) is 1. The van der Waals surface area contributed by atoms with Crippen LogP contribution in [-0.2, 0) is 6.42 Å². The van der Waals surface area contributed by atoms with Gasteiger partial charge in [-0.15, -0.1) is 0 Å². The van der Waals surface area contributed by atoms with Crippen LogP contribution in [0, 0.1) is 13.8 Å². The average molecular weight is 235 g/mol. The summed E-state index contributed by atoms with van der Waals surface area (Å²) in [7, 11) is 0. The zero-order valence-electron chi connectivity index (χ0n) is 9.26. The van der Waals surface area contributed by atoms with E-state index in [0.717, 1.165) is 22.3 Å². The smallest absolute Gasteiger partial charge is 0.261 e. The van der Waals surface area contributed by atoms with E-state index in [1.165, 1.54) is 0 Å². The number of thiol groups is 1. The molecule has 1 aliphatic rings. The molecule has 0 fully saturated rings. The van der Waals surface area contributed by atoms with Gasteiger partial charge >= 0.3 is 0 Å². The second-order valence-corrected chi connectivity index (χ2v) is 4.31. The van der Waals surface area contributed by atoms with Crippen LogP contribution in [0.5, 0.6) is 0 Å². The standard InChI is InChI=1S/C12H13NO2S/c1-6-5-9(12(15)13-16)8-3-4-10(14)11(8)7(6)2/h5,16H,3-4H2,1-2H3,(H,13,15). The van der Waals surface area contributed by atoms with E-state index in [2.05, 4.69) is 17.5 Å². The summed E-state index contributed by atoms with van der Waals surface area (Å²) in [6.45, 7) is 3.84. The lowest BCUT2D eigenvalue weighted by molar-refractivity contribution is 0.0981. The normalized spacial score (nSPS) is 13.8. The number of amides is 1. The molecule has 0 spiro atoms. The molecule has 3 nitrogen and oxygen atoms in total. The van der Waals surface area contributed by atoms with E-state index < -0.39 is 0 Å². The predicted octanol–water partition coefficient (Wildman–Crippen LogP) is 2.01. The molecule has 1 amide bonds. The van der Waals surface area contributed by atoms with Crippen molar-refractivity contribution < 1.29 is 9.59 Å². The summed E-state index contributed by atoms with van der Waals surface area (Å²) < 4.78 is 2.32. The van der Waals surface area contributed by atoms with Gasteiger partial charge in [0.2, 0.25) is 0 Å². The molecule has 1 aromatic carbocycles. The molecule has 84 valence electrons. The molecule has 1 aliphatic carbocycles. The topological polar surface area (TPSA) is 46.2 Å². The van der Waals surface area contributed by atoms with E-state index in [1.807, 2.05) is 19.9 Å². The van der Waals surface area contributed by atoms with Gasteiger partial charge in [0.05, 0.1) is 0 Å². The minimum Gasteiger partial charge on any atom is -0.299 e. The monoisotopic (exact) mass is 235 g/mol. The van der Waals surface area contributed by atoms with Gasteiger partial charge in [-0.1, -0.05) is 12.8 Å². The van der Waals surface area contributed by atoms with E-state index in [9.17, 15) is 9.59 Å². The minimum atomic E-state index is -0.239. The van der Waals surface area contributed by atoms with Crippen LogP contribution >= 0.6 is 12.8 Å². The van der Waals surface area contributed by atoms with Gasteiger partial charge in [0, 0.05) is 17.5 Å². The van der Waals surface area contributed by atoms with Crippen LogP contribution in [0.25, 0.3) is 0 Å². The highest BCUT2D eigenvalue weighted by Gasteiger charge is 2.27. The summed E-state index contributed by atoms with van der Waals surface area (Å²) in [5, 5.41) is 0. The third kappa shape index (κ3) is 1.53. The van der Waals surface area contributed by atoms with Crippen LogP contribution in [0.2, 0.25) is 0 Å². The van der Waals surface area contributed by atoms with Crippen molar-refractivity contribution in [3.05, 3.63) is 33.9 Å². The molecule has 0 saturated heterocycles. The Morgan fingerprint density at radius 1 is 1.38 bits per heavy atom. The first-order valence-electron chi connectivity index (χ1n) is 5.17. The van der Waals surface area contributed by atoms with Crippen molar-refractivity contribution in [3.8, 4) is 0 Å². The zero-order chi connectivity index (χ0) is 11.9. The first-order chi connectivity index (χ1) is 7.56. The van der Waals surface area contributed by atoms with Crippen molar-refractivity contribution in [3.63, 3.8) is 0 Å². The summed E-state index contributed by atoms with van der Waals surface area (Å²) >= 11 is 3.77. The van der Waals surface area contributed by atoms with Gasteiger partial charge in [0.25, 0.3) is 5.91 Å². The van der Waals surface area contributed by atoms with Crippen LogP contribution in [0.4, 0.5) is 0 Å². The van der Waals surface area contributed by atoms with Crippen LogP contribution in [0.1, 0.15) is 43.8 Å². The van der Waals surface area contributed by atoms with Gasteiger partial charge < -0.3 is 0 Å².